The molecule has 0 aliphatic carbocycles. The Kier molecular flexibility index (Phi) is 5.64. The van der Waals surface area contributed by atoms with Crippen LogP contribution in [0.25, 0.3) is 11.4 Å². The number of rotatable bonds is 6. The van der Waals surface area contributed by atoms with E-state index in [1.54, 1.807) is 12.1 Å². The Bertz CT molecular complexity index is 896. The fourth-order valence-electron chi connectivity index (χ4n) is 3.22. The summed E-state index contributed by atoms with van der Waals surface area (Å²) < 4.78 is 29.9. The third-order valence-electron chi connectivity index (χ3n) is 4.64. The number of hydrogen-bond acceptors (Lipinski definition) is 6. The summed E-state index contributed by atoms with van der Waals surface area (Å²) in [4.78, 5) is 6.71. The number of hydrogen-bond donors (Lipinski definition) is 0. The first-order valence-electron chi connectivity index (χ1n) is 9.36. The van der Waals surface area contributed by atoms with E-state index in [-0.39, 0.29) is 11.9 Å². The highest BCUT2D eigenvalue weighted by Gasteiger charge is 2.23. The highest BCUT2D eigenvalue weighted by Crippen LogP contribution is 2.24. The van der Waals surface area contributed by atoms with Crippen LogP contribution in [-0.2, 0) is 11.3 Å². The minimum absolute atomic E-state index is 0.0946. The summed E-state index contributed by atoms with van der Waals surface area (Å²) in [5.41, 5.74) is 1.84. The monoisotopic (exact) mass is 383 g/mol. The highest BCUT2D eigenvalue weighted by molar-refractivity contribution is 5.55. The van der Waals surface area contributed by atoms with Gasteiger partial charge < -0.3 is 14.0 Å². The minimum Gasteiger partial charge on any atom is -0.494 e. The lowest BCUT2D eigenvalue weighted by molar-refractivity contribution is -0.0356. The number of aromatic nitrogens is 2. The molecule has 0 amide bonds. The summed E-state index contributed by atoms with van der Waals surface area (Å²) in [5, 5.41) is 4.09. The molecule has 28 heavy (non-hydrogen) atoms. The van der Waals surface area contributed by atoms with Gasteiger partial charge in [0.1, 0.15) is 11.6 Å². The molecule has 6 nitrogen and oxygen atoms in total. The Balaban J connectivity index is 1.39. The van der Waals surface area contributed by atoms with E-state index in [0.717, 1.165) is 23.4 Å². The average Bonchev–Trinajstić information content (AvgIpc) is 3.18. The van der Waals surface area contributed by atoms with Crippen molar-refractivity contribution >= 4 is 0 Å². The first-order chi connectivity index (χ1) is 13.7. The SMILES string of the molecule is CCOc1ccc(-c2noc(CN3CCOC(c4ccc(F)cc4)C3)n2)cc1. The van der Waals surface area contributed by atoms with Gasteiger partial charge in [-0.25, -0.2) is 4.39 Å². The van der Waals surface area contributed by atoms with E-state index in [2.05, 4.69) is 15.0 Å². The van der Waals surface area contributed by atoms with Crippen LogP contribution in [0.15, 0.2) is 53.1 Å². The average molecular weight is 383 g/mol. The molecule has 4 rings (SSSR count). The Hall–Kier alpha value is -2.77. The summed E-state index contributed by atoms with van der Waals surface area (Å²) >= 11 is 0. The summed E-state index contributed by atoms with van der Waals surface area (Å²) in [6, 6.07) is 14.1. The van der Waals surface area contributed by atoms with Crippen molar-refractivity contribution in [2.45, 2.75) is 19.6 Å². The number of nitrogens with zero attached hydrogens (tertiary/aromatic N) is 3. The smallest absolute Gasteiger partial charge is 0.241 e. The van der Waals surface area contributed by atoms with Crippen LogP contribution in [0.5, 0.6) is 5.75 Å². The predicted octanol–water partition coefficient (Wildman–Crippen LogP) is 3.85. The highest BCUT2D eigenvalue weighted by atomic mass is 19.1. The molecule has 0 saturated carbocycles. The van der Waals surface area contributed by atoms with Crippen molar-refractivity contribution in [3.05, 3.63) is 65.8 Å². The van der Waals surface area contributed by atoms with Crippen molar-refractivity contribution in [2.75, 3.05) is 26.3 Å². The fourth-order valence-corrected chi connectivity index (χ4v) is 3.22. The lowest BCUT2D eigenvalue weighted by atomic mass is 10.1. The van der Waals surface area contributed by atoms with E-state index >= 15 is 0 Å². The van der Waals surface area contributed by atoms with E-state index in [9.17, 15) is 4.39 Å². The minimum atomic E-state index is -0.246. The predicted molar refractivity (Wildman–Crippen MR) is 101 cm³/mol. The van der Waals surface area contributed by atoms with Gasteiger partial charge in [-0.2, -0.15) is 4.98 Å². The molecule has 146 valence electrons. The molecule has 1 fully saturated rings. The maximum absolute atomic E-state index is 13.1. The molecule has 1 aliphatic heterocycles. The Morgan fingerprint density at radius 1 is 1.14 bits per heavy atom. The first-order valence-corrected chi connectivity index (χ1v) is 9.36. The normalized spacial score (nSPS) is 17.6. The van der Waals surface area contributed by atoms with Crippen LogP contribution < -0.4 is 4.74 Å². The van der Waals surface area contributed by atoms with Gasteiger partial charge in [0.15, 0.2) is 0 Å². The second-order valence-electron chi connectivity index (χ2n) is 6.62. The molecule has 0 radical (unpaired) electrons. The number of halogens is 1. The van der Waals surface area contributed by atoms with Crippen LogP contribution >= 0.6 is 0 Å². The van der Waals surface area contributed by atoms with Gasteiger partial charge in [-0.15, -0.1) is 0 Å². The van der Waals surface area contributed by atoms with Gasteiger partial charge >= 0.3 is 0 Å². The van der Waals surface area contributed by atoms with Gasteiger partial charge in [0.2, 0.25) is 11.7 Å². The number of ether oxygens (including phenoxy) is 2. The second-order valence-corrected chi connectivity index (χ2v) is 6.62. The molecule has 2 aromatic carbocycles. The third kappa shape index (κ3) is 4.37. The van der Waals surface area contributed by atoms with E-state index < -0.39 is 0 Å². The van der Waals surface area contributed by atoms with Gasteiger partial charge in [0.05, 0.1) is 25.9 Å². The van der Waals surface area contributed by atoms with Crippen molar-refractivity contribution in [3.8, 4) is 17.1 Å². The van der Waals surface area contributed by atoms with E-state index in [0.29, 0.717) is 38.0 Å². The second kappa shape index (κ2) is 8.50. The zero-order valence-electron chi connectivity index (χ0n) is 15.7. The standard InChI is InChI=1S/C21H22FN3O3/c1-2-26-18-9-5-16(6-10-18)21-23-20(28-24-21)14-25-11-12-27-19(13-25)15-3-7-17(22)8-4-15/h3-10,19H,2,11-14H2,1H3. The van der Waals surface area contributed by atoms with Gasteiger partial charge in [-0.05, 0) is 48.9 Å². The summed E-state index contributed by atoms with van der Waals surface area (Å²) in [6.45, 7) is 5.19. The zero-order chi connectivity index (χ0) is 19.3. The number of benzene rings is 2. The topological polar surface area (TPSA) is 60.6 Å². The third-order valence-corrected chi connectivity index (χ3v) is 4.64. The molecule has 0 N–H and O–H groups in total. The summed E-state index contributed by atoms with van der Waals surface area (Å²) in [7, 11) is 0. The zero-order valence-corrected chi connectivity index (χ0v) is 15.7. The van der Waals surface area contributed by atoms with Crippen molar-refractivity contribution in [1.29, 1.82) is 0 Å². The maximum Gasteiger partial charge on any atom is 0.241 e. The molecule has 1 atom stereocenters. The quantitative estimate of drug-likeness (QED) is 0.644. The molecule has 1 aromatic heterocycles. The molecular weight excluding hydrogens is 361 g/mol. The van der Waals surface area contributed by atoms with Crippen LogP contribution in [0.4, 0.5) is 4.39 Å². The van der Waals surface area contributed by atoms with Gasteiger partial charge in [-0.3, -0.25) is 4.90 Å². The Labute approximate surface area is 162 Å². The van der Waals surface area contributed by atoms with Crippen molar-refractivity contribution < 1.29 is 18.4 Å². The van der Waals surface area contributed by atoms with Crippen LogP contribution in [0.2, 0.25) is 0 Å². The molecule has 1 aliphatic rings. The van der Waals surface area contributed by atoms with Crippen LogP contribution in [-0.4, -0.2) is 41.3 Å². The summed E-state index contributed by atoms with van der Waals surface area (Å²) in [5.74, 6) is 1.68. The molecule has 0 bridgehead atoms. The molecule has 1 unspecified atom stereocenters. The molecule has 1 saturated heterocycles. The Morgan fingerprint density at radius 3 is 2.68 bits per heavy atom. The maximum atomic E-state index is 13.1. The van der Waals surface area contributed by atoms with Gasteiger partial charge in [0.25, 0.3) is 0 Å². The van der Waals surface area contributed by atoms with Crippen LogP contribution in [0.1, 0.15) is 24.5 Å². The van der Waals surface area contributed by atoms with Crippen molar-refractivity contribution in [1.82, 2.24) is 15.0 Å². The largest absolute Gasteiger partial charge is 0.494 e. The summed E-state index contributed by atoms with van der Waals surface area (Å²) in [6.07, 6.45) is -0.0946. The molecule has 3 aromatic rings. The van der Waals surface area contributed by atoms with Crippen LogP contribution in [0.3, 0.4) is 0 Å². The molecular formula is C21H22FN3O3. The van der Waals surface area contributed by atoms with E-state index in [1.165, 1.54) is 12.1 Å². The van der Waals surface area contributed by atoms with E-state index in [4.69, 9.17) is 14.0 Å². The van der Waals surface area contributed by atoms with Crippen LogP contribution in [0, 0.1) is 5.82 Å². The van der Waals surface area contributed by atoms with Gasteiger partial charge in [0, 0.05) is 18.7 Å². The number of morpholine rings is 1. The fraction of sp³-hybridized carbons (Fsp3) is 0.333. The van der Waals surface area contributed by atoms with Crippen molar-refractivity contribution in [2.24, 2.45) is 0 Å². The molecule has 2 heterocycles. The van der Waals surface area contributed by atoms with E-state index in [1.807, 2.05) is 31.2 Å². The Morgan fingerprint density at radius 2 is 1.93 bits per heavy atom. The lowest BCUT2D eigenvalue weighted by Crippen LogP contribution is -2.37. The first kappa shape index (κ1) is 18.6. The van der Waals surface area contributed by atoms with Gasteiger partial charge in [-0.1, -0.05) is 17.3 Å². The lowest BCUT2D eigenvalue weighted by Gasteiger charge is -2.32. The van der Waals surface area contributed by atoms with Crippen molar-refractivity contribution in [3.63, 3.8) is 0 Å². The molecule has 0 spiro atoms. The molecule has 7 heteroatoms.